The smallest absolute Gasteiger partial charge is 0.430 e. The lowest BCUT2D eigenvalue weighted by Crippen LogP contribution is -2.65. The molecule has 0 saturated carbocycles. The number of carbonyl (C=O) groups excluding carboxylic acids is 4. The maximum Gasteiger partial charge on any atom is 0.430 e. The summed E-state index contributed by atoms with van der Waals surface area (Å²) >= 11 is 6.58. The molecule has 2 unspecified atom stereocenters. The van der Waals surface area contributed by atoms with Gasteiger partial charge in [0.2, 0.25) is 0 Å². The molecule has 0 radical (unpaired) electrons. The molecule has 4 aromatic rings. The van der Waals surface area contributed by atoms with Crippen LogP contribution in [0.15, 0.2) is 70.1 Å². The molecule has 4 aromatic heterocycles. The summed E-state index contributed by atoms with van der Waals surface area (Å²) in [6, 6.07) is 16.2. The summed E-state index contributed by atoms with van der Waals surface area (Å²) in [6.45, 7) is 13.2. The van der Waals surface area contributed by atoms with Crippen molar-refractivity contribution in [3.8, 4) is 0 Å². The largest absolute Gasteiger partial charge is 0.542 e. The van der Waals surface area contributed by atoms with E-state index in [0.717, 1.165) is 122 Å². The van der Waals surface area contributed by atoms with Crippen LogP contribution in [0.2, 0.25) is 0 Å². The van der Waals surface area contributed by atoms with Crippen LogP contribution in [0.3, 0.4) is 0 Å². The highest BCUT2D eigenvalue weighted by Gasteiger charge is 2.52. The third-order valence-electron chi connectivity index (χ3n) is 15.2. The second kappa shape index (κ2) is 28.8. The van der Waals surface area contributed by atoms with Crippen LogP contribution in [-0.2, 0) is 52.7 Å². The van der Waals surface area contributed by atoms with E-state index in [0.29, 0.717) is 24.7 Å². The van der Waals surface area contributed by atoms with Gasteiger partial charge in [0.05, 0.1) is 39.3 Å². The minimum absolute atomic E-state index is 0.0607. The van der Waals surface area contributed by atoms with Gasteiger partial charge in [0.15, 0.2) is 23.4 Å². The third kappa shape index (κ3) is 18.1. The number of hydrogen-bond donors (Lipinski definition) is 2. The summed E-state index contributed by atoms with van der Waals surface area (Å²) in [5.74, 6) is -5.97. The number of fused-ring (bicyclic) bond motifs is 6. The van der Waals surface area contributed by atoms with Crippen LogP contribution in [0.25, 0.3) is 0 Å². The summed E-state index contributed by atoms with van der Waals surface area (Å²) in [6.07, 6.45) is 5.34. The van der Waals surface area contributed by atoms with E-state index in [1.54, 1.807) is 0 Å². The van der Waals surface area contributed by atoms with Gasteiger partial charge < -0.3 is 48.5 Å². The molecular formula is C54H72F6N2O10S4. The van der Waals surface area contributed by atoms with Crippen molar-refractivity contribution < 1.29 is 84.4 Å². The van der Waals surface area contributed by atoms with Gasteiger partial charge in [0.25, 0.3) is 0 Å². The van der Waals surface area contributed by atoms with Crippen molar-refractivity contribution in [2.24, 2.45) is 11.8 Å². The van der Waals surface area contributed by atoms with Gasteiger partial charge in [-0.05, 0) is 84.3 Å². The summed E-state index contributed by atoms with van der Waals surface area (Å²) in [5, 5.41) is 48.5. The highest BCUT2D eigenvalue weighted by Crippen LogP contribution is 2.41. The quantitative estimate of drug-likeness (QED) is 0.0334. The molecule has 6 fully saturated rings. The molecule has 76 heavy (non-hydrogen) atoms. The number of carbonyl (C=O) groups is 4. The predicted octanol–water partition coefficient (Wildman–Crippen LogP) is 9.32. The second-order valence-electron chi connectivity index (χ2n) is 20.5. The average Bonchev–Trinajstić information content (AvgIpc) is 4.25. The molecule has 6 saturated heterocycles. The number of thiophene rings is 4. The topological polar surface area (TPSA) is 173 Å². The number of piperidine rings is 6. The standard InChI is InChI=1S/2C25H36NO3S2.2C2HF3O2/c2*1-2-3-4-13-25(28,23-10-7-18-31-23)24(27)29-22-19-26(15-11-20(22)12-16-26)14-5-8-21-9-6-17-30-21;2*3-2(4,5)1(6)7/h2*6-7,9-10,17-18,20,22,28H,2-5,8,11-16,19H2,1H3;2*(H,6,7)/q2*+1;;/p-2/t2*20?,22-,25?,26?;;/m00../s1. The van der Waals surface area contributed by atoms with Crippen molar-refractivity contribution in [3.05, 3.63) is 89.6 Å². The lowest BCUT2D eigenvalue weighted by Gasteiger charge is -2.52. The zero-order valence-corrected chi connectivity index (χ0v) is 46.4. The zero-order valence-electron chi connectivity index (χ0n) is 43.2. The van der Waals surface area contributed by atoms with Crippen LogP contribution in [0.1, 0.15) is 123 Å². The fraction of sp³-hybridized carbons (Fsp3) is 0.630. The fourth-order valence-corrected chi connectivity index (χ4v) is 14.0. The predicted molar refractivity (Wildman–Crippen MR) is 277 cm³/mol. The minimum atomic E-state index is -5.19. The highest BCUT2D eigenvalue weighted by atomic mass is 32.1. The summed E-state index contributed by atoms with van der Waals surface area (Å²) in [4.78, 5) is 48.5. The van der Waals surface area contributed by atoms with E-state index in [4.69, 9.17) is 29.3 Å². The Labute approximate surface area is 457 Å². The molecule has 2 N–H and O–H groups in total. The van der Waals surface area contributed by atoms with E-state index in [1.165, 1.54) is 71.4 Å². The van der Waals surface area contributed by atoms with Crippen LogP contribution >= 0.6 is 45.3 Å². The van der Waals surface area contributed by atoms with E-state index in [-0.39, 0.29) is 12.2 Å². The molecule has 424 valence electrons. The van der Waals surface area contributed by atoms with E-state index in [2.05, 4.69) is 48.9 Å². The Hall–Kier alpha value is -3.90. The van der Waals surface area contributed by atoms with Crippen molar-refractivity contribution in [1.29, 1.82) is 0 Å². The molecule has 22 heteroatoms. The molecule has 6 aliphatic heterocycles. The number of hydrogen-bond acceptors (Lipinski definition) is 14. The number of unbranched alkanes of at least 4 members (excludes halogenated alkanes) is 4. The third-order valence-corrected chi connectivity index (χ3v) is 19.1. The molecule has 10 rings (SSSR count). The van der Waals surface area contributed by atoms with Gasteiger partial charge in [0, 0.05) is 69.9 Å². The van der Waals surface area contributed by atoms with E-state index in [1.807, 2.05) is 57.7 Å². The Balaban J connectivity index is 0.000000225. The number of alkyl halides is 6. The SMILES string of the molecule is CCCCCC(O)(C(=O)O[C@H]1C[N+]2(CCCc3cccs3)CCC1CC2)c1cccs1.CCCCCC(O)(C(=O)O[C@H]1C[N+]2(CCCc3cccs3)CCC1CC2)c1cccs1.O=C([O-])C(F)(F)F.O=C([O-])C(F)(F)F. The summed E-state index contributed by atoms with van der Waals surface area (Å²) < 4.78 is 77.5. The van der Waals surface area contributed by atoms with Crippen LogP contribution in [0.4, 0.5) is 26.3 Å². The van der Waals surface area contributed by atoms with Crippen LogP contribution in [-0.4, -0.2) is 120 Å². The van der Waals surface area contributed by atoms with Crippen molar-refractivity contribution in [3.63, 3.8) is 0 Å². The molecule has 12 nitrogen and oxygen atoms in total. The van der Waals surface area contributed by atoms with Gasteiger partial charge >= 0.3 is 24.3 Å². The molecule has 0 aromatic carbocycles. The van der Waals surface area contributed by atoms with Gasteiger partial charge in [-0.25, -0.2) is 9.59 Å². The number of ether oxygens (including phenoxy) is 2. The molecule has 0 spiro atoms. The molecule has 4 atom stereocenters. The fourth-order valence-electron chi connectivity index (χ4n) is 10.8. The number of aryl methyl sites for hydroxylation is 2. The van der Waals surface area contributed by atoms with Crippen molar-refractivity contribution in [1.82, 2.24) is 0 Å². The first kappa shape index (κ1) is 62.9. The maximum atomic E-state index is 13.3. The first-order chi connectivity index (χ1) is 36.0. The highest BCUT2D eigenvalue weighted by molar-refractivity contribution is 7.10. The number of rotatable bonds is 22. The summed E-state index contributed by atoms with van der Waals surface area (Å²) in [7, 11) is 0. The number of esters is 2. The Kier molecular flexibility index (Phi) is 23.9. The second-order valence-corrected chi connectivity index (χ2v) is 24.4. The van der Waals surface area contributed by atoms with Gasteiger partial charge in [-0.2, -0.15) is 26.3 Å². The van der Waals surface area contributed by atoms with Crippen molar-refractivity contribution >= 4 is 69.2 Å². The van der Waals surface area contributed by atoms with E-state index >= 15 is 0 Å². The lowest BCUT2D eigenvalue weighted by atomic mass is 9.82. The average molecular weight is 1150 g/mol. The van der Waals surface area contributed by atoms with E-state index in [9.17, 15) is 46.1 Å². The number of quaternary nitrogens is 2. The Morgan fingerprint density at radius 2 is 0.882 bits per heavy atom. The van der Waals surface area contributed by atoms with Crippen molar-refractivity contribution in [2.75, 3.05) is 52.4 Å². The van der Waals surface area contributed by atoms with Gasteiger partial charge in [0.1, 0.15) is 25.0 Å². The van der Waals surface area contributed by atoms with Crippen LogP contribution in [0.5, 0.6) is 0 Å². The molecule has 0 amide bonds. The van der Waals surface area contributed by atoms with Crippen LogP contribution in [0, 0.1) is 11.8 Å². The Bertz CT molecular complexity index is 2170. The first-order valence-electron chi connectivity index (χ1n) is 26.2. The molecule has 4 bridgehead atoms. The number of carboxylic acids is 2. The Morgan fingerprint density at radius 1 is 0.553 bits per heavy atom. The number of halogens is 6. The lowest BCUT2D eigenvalue weighted by molar-refractivity contribution is -0.946. The summed E-state index contributed by atoms with van der Waals surface area (Å²) in [5.41, 5.74) is -3.00. The number of aliphatic carboxylic acids is 2. The molecule has 0 aliphatic carbocycles. The zero-order chi connectivity index (χ0) is 55.6. The van der Waals surface area contributed by atoms with Gasteiger partial charge in [-0.1, -0.05) is 63.8 Å². The Morgan fingerprint density at radius 3 is 1.16 bits per heavy atom. The molecular weight excluding hydrogens is 1080 g/mol. The van der Waals surface area contributed by atoms with Gasteiger partial charge in [-0.15, -0.1) is 45.3 Å². The van der Waals surface area contributed by atoms with Crippen molar-refractivity contribution in [2.45, 2.75) is 152 Å². The number of carboxylic acid groups (broad SMARTS) is 2. The number of aliphatic hydroxyl groups is 2. The van der Waals surface area contributed by atoms with E-state index < -0.39 is 47.4 Å². The maximum absolute atomic E-state index is 13.3. The molecule has 10 heterocycles. The van der Waals surface area contributed by atoms with Crippen LogP contribution < -0.4 is 10.2 Å². The number of nitrogens with zero attached hydrogens (tertiary/aromatic N) is 2. The van der Waals surface area contributed by atoms with Gasteiger partial charge in [-0.3, -0.25) is 0 Å². The minimum Gasteiger partial charge on any atom is -0.542 e. The monoisotopic (exact) mass is 1150 g/mol. The molecule has 6 aliphatic rings. The first-order valence-corrected chi connectivity index (χ1v) is 29.8. The normalized spacial score (nSPS) is 24.2.